The zero-order chi connectivity index (χ0) is 18.2. The topological polar surface area (TPSA) is 98.6 Å². The Hall–Kier alpha value is -2.41. The van der Waals surface area contributed by atoms with Gasteiger partial charge in [0.05, 0.1) is 12.6 Å². The number of hydrogen-bond donors (Lipinski definition) is 2. The quantitative estimate of drug-likeness (QED) is 0.622. The molecule has 2 atom stereocenters. The van der Waals surface area contributed by atoms with Crippen molar-refractivity contribution in [2.24, 2.45) is 10.7 Å². The van der Waals surface area contributed by atoms with Gasteiger partial charge in [-0.15, -0.1) is 0 Å². The second kappa shape index (κ2) is 6.96. The number of hydrogen-bond acceptors (Lipinski definition) is 5. The highest BCUT2D eigenvalue weighted by atomic mass is 16.5. The van der Waals surface area contributed by atoms with E-state index in [0.29, 0.717) is 24.3 Å². The van der Waals surface area contributed by atoms with Crippen molar-refractivity contribution in [3.63, 3.8) is 0 Å². The van der Waals surface area contributed by atoms with E-state index >= 15 is 0 Å². The van der Waals surface area contributed by atoms with E-state index in [2.05, 4.69) is 38.6 Å². The molecular formula is C20H25N5O2. The number of guanidine groups is 1. The van der Waals surface area contributed by atoms with Crippen LogP contribution < -0.4 is 11.1 Å². The predicted molar refractivity (Wildman–Crippen MR) is 102 cm³/mol. The van der Waals surface area contributed by atoms with Crippen LogP contribution in [-0.2, 0) is 17.6 Å². The van der Waals surface area contributed by atoms with E-state index < -0.39 is 0 Å². The molecule has 0 amide bonds. The molecule has 1 aromatic heterocycles. The first-order valence-corrected chi connectivity index (χ1v) is 9.92. The van der Waals surface area contributed by atoms with Gasteiger partial charge in [-0.3, -0.25) is 4.99 Å². The summed E-state index contributed by atoms with van der Waals surface area (Å²) in [7, 11) is 0. The third-order valence-corrected chi connectivity index (χ3v) is 5.62. The molecule has 1 aromatic carbocycles. The average molecular weight is 367 g/mol. The highest BCUT2D eigenvalue weighted by Crippen LogP contribution is 2.39. The second-order valence-electron chi connectivity index (χ2n) is 7.78. The van der Waals surface area contributed by atoms with Crippen molar-refractivity contribution in [1.82, 2.24) is 10.1 Å². The molecule has 3 aliphatic rings. The molecule has 0 spiro atoms. The van der Waals surface area contributed by atoms with E-state index in [1.807, 2.05) is 0 Å². The van der Waals surface area contributed by atoms with E-state index in [1.54, 1.807) is 0 Å². The molecule has 0 unspecified atom stereocenters. The van der Waals surface area contributed by atoms with Gasteiger partial charge < -0.3 is 20.3 Å². The van der Waals surface area contributed by atoms with Crippen molar-refractivity contribution in [2.45, 2.75) is 63.1 Å². The van der Waals surface area contributed by atoms with Crippen molar-refractivity contribution < 1.29 is 9.26 Å². The Balaban J connectivity index is 1.15. The van der Waals surface area contributed by atoms with Gasteiger partial charge >= 0.3 is 0 Å². The number of nitrogens with one attached hydrogen (secondary N) is 1. The molecule has 7 heteroatoms. The lowest BCUT2D eigenvalue weighted by atomic mass is 10.1. The zero-order valence-corrected chi connectivity index (χ0v) is 15.4. The fourth-order valence-corrected chi connectivity index (χ4v) is 3.94. The minimum absolute atomic E-state index is 0.0339. The maximum Gasteiger partial charge on any atom is 0.255 e. The van der Waals surface area contributed by atoms with Gasteiger partial charge in [-0.05, 0) is 68.2 Å². The summed E-state index contributed by atoms with van der Waals surface area (Å²) in [5.74, 6) is 2.36. The van der Waals surface area contributed by atoms with E-state index in [4.69, 9.17) is 15.0 Å². The Morgan fingerprint density at radius 3 is 2.96 bits per heavy atom. The molecule has 0 bridgehead atoms. The van der Waals surface area contributed by atoms with Crippen LogP contribution in [0.2, 0.25) is 0 Å². The Kier molecular flexibility index (Phi) is 4.32. The van der Waals surface area contributed by atoms with Crippen LogP contribution in [0.1, 0.15) is 67.0 Å². The average Bonchev–Trinajstić information content (AvgIpc) is 3.09. The number of aliphatic imine (C=N–C) groups is 1. The van der Waals surface area contributed by atoms with Crippen LogP contribution in [-0.4, -0.2) is 28.7 Å². The van der Waals surface area contributed by atoms with Crippen molar-refractivity contribution in [1.29, 1.82) is 0 Å². The summed E-state index contributed by atoms with van der Waals surface area (Å²) in [6.07, 6.45) is 7.62. The lowest BCUT2D eigenvalue weighted by Crippen LogP contribution is -2.24. The van der Waals surface area contributed by atoms with Gasteiger partial charge in [0.1, 0.15) is 6.10 Å². The lowest BCUT2D eigenvalue weighted by Gasteiger charge is -2.11. The van der Waals surface area contributed by atoms with Crippen molar-refractivity contribution in [3.8, 4) is 0 Å². The molecule has 5 rings (SSSR count). The number of aromatic nitrogens is 2. The second-order valence-corrected chi connectivity index (χ2v) is 7.78. The molecule has 1 aliphatic heterocycles. The van der Waals surface area contributed by atoms with Crippen LogP contribution >= 0.6 is 0 Å². The van der Waals surface area contributed by atoms with Crippen LogP contribution in [0.15, 0.2) is 27.7 Å². The van der Waals surface area contributed by atoms with E-state index in [9.17, 15) is 0 Å². The van der Waals surface area contributed by atoms with Gasteiger partial charge in [-0.2, -0.15) is 4.98 Å². The number of nitrogens with two attached hydrogens (primary N) is 1. The fourth-order valence-electron chi connectivity index (χ4n) is 3.94. The van der Waals surface area contributed by atoms with Crippen LogP contribution in [0.5, 0.6) is 0 Å². The largest absolute Gasteiger partial charge is 0.370 e. The Morgan fingerprint density at radius 1 is 1.19 bits per heavy atom. The van der Waals surface area contributed by atoms with Crippen LogP contribution in [0.4, 0.5) is 5.69 Å². The Bertz CT molecular complexity index is 858. The van der Waals surface area contributed by atoms with Crippen molar-refractivity contribution in [2.75, 3.05) is 11.9 Å². The normalized spacial score (nSPS) is 25.0. The standard InChI is InChI=1S/C20H25N5O2/c21-20(23-15-7-6-12-2-1-3-14(12)10-15)22-11-16-8-9-17(26-16)19-24-18(25-27-19)13-4-5-13/h6-7,10,13,16-17H,1-5,8-9,11H2,(H3,21,22,23)/t16-,17+/m1/s1. The smallest absolute Gasteiger partial charge is 0.255 e. The molecule has 0 radical (unpaired) electrons. The van der Waals surface area contributed by atoms with Crippen molar-refractivity contribution >= 4 is 11.6 Å². The molecule has 27 heavy (non-hydrogen) atoms. The molecule has 3 N–H and O–H groups in total. The van der Waals surface area contributed by atoms with Gasteiger partial charge in [-0.1, -0.05) is 11.2 Å². The molecule has 7 nitrogen and oxygen atoms in total. The minimum atomic E-state index is -0.115. The third-order valence-electron chi connectivity index (χ3n) is 5.62. The number of nitrogens with zero attached hydrogens (tertiary/aromatic N) is 3. The van der Waals surface area contributed by atoms with E-state index in [1.165, 1.54) is 36.8 Å². The van der Waals surface area contributed by atoms with Gasteiger partial charge in [0.2, 0.25) is 0 Å². The molecular weight excluding hydrogens is 342 g/mol. The molecule has 2 aliphatic carbocycles. The zero-order valence-electron chi connectivity index (χ0n) is 15.4. The summed E-state index contributed by atoms with van der Waals surface area (Å²) >= 11 is 0. The summed E-state index contributed by atoms with van der Waals surface area (Å²) in [4.78, 5) is 8.95. The number of rotatable bonds is 5. The first-order chi connectivity index (χ1) is 13.2. The Labute approximate surface area is 158 Å². The lowest BCUT2D eigenvalue weighted by molar-refractivity contribution is 0.0309. The molecule has 1 saturated carbocycles. The van der Waals surface area contributed by atoms with Crippen molar-refractivity contribution in [3.05, 3.63) is 41.0 Å². The van der Waals surface area contributed by atoms with Gasteiger partial charge in [0.15, 0.2) is 11.8 Å². The molecule has 1 saturated heterocycles. The molecule has 2 heterocycles. The maximum absolute atomic E-state index is 6.06. The molecule has 2 fully saturated rings. The highest BCUT2D eigenvalue weighted by Gasteiger charge is 2.34. The summed E-state index contributed by atoms with van der Waals surface area (Å²) in [6, 6.07) is 6.43. The van der Waals surface area contributed by atoms with Gasteiger partial charge in [-0.25, -0.2) is 0 Å². The third kappa shape index (κ3) is 3.69. The van der Waals surface area contributed by atoms with Gasteiger partial charge in [0.25, 0.3) is 5.89 Å². The highest BCUT2D eigenvalue weighted by molar-refractivity contribution is 5.92. The first-order valence-electron chi connectivity index (χ1n) is 9.92. The number of fused-ring (bicyclic) bond motifs is 1. The molecule has 142 valence electrons. The fraction of sp³-hybridized carbons (Fsp3) is 0.550. The van der Waals surface area contributed by atoms with E-state index in [0.717, 1.165) is 30.8 Å². The minimum Gasteiger partial charge on any atom is -0.370 e. The van der Waals surface area contributed by atoms with Gasteiger partial charge in [0, 0.05) is 11.6 Å². The van der Waals surface area contributed by atoms with Crippen LogP contribution in [0.3, 0.4) is 0 Å². The summed E-state index contributed by atoms with van der Waals surface area (Å²) in [5.41, 5.74) is 9.93. The van der Waals surface area contributed by atoms with Crippen LogP contribution in [0.25, 0.3) is 0 Å². The number of aryl methyl sites for hydroxylation is 2. The summed E-state index contributed by atoms with van der Waals surface area (Å²) in [6.45, 7) is 0.532. The van der Waals surface area contributed by atoms with E-state index in [-0.39, 0.29) is 12.2 Å². The predicted octanol–water partition coefficient (Wildman–Crippen LogP) is 3.08. The van der Waals surface area contributed by atoms with Crippen LogP contribution in [0, 0.1) is 0 Å². The Morgan fingerprint density at radius 2 is 2.07 bits per heavy atom. The molecule has 2 aromatic rings. The number of benzene rings is 1. The number of ether oxygens (including phenoxy) is 1. The SMILES string of the molecule is NC(=NC[C@H]1CC[C@@H](c2nc(C3CC3)no2)O1)Nc1ccc2c(c1)CCC2. The summed E-state index contributed by atoms with van der Waals surface area (Å²) in [5, 5.41) is 7.26. The summed E-state index contributed by atoms with van der Waals surface area (Å²) < 4.78 is 11.4. The monoisotopic (exact) mass is 367 g/mol. The first kappa shape index (κ1) is 16.7. The maximum atomic E-state index is 6.06. The number of anilines is 1.